The molecule has 4 unspecified atom stereocenters. The highest BCUT2D eigenvalue weighted by Crippen LogP contribution is 2.43. The number of benzene rings is 2. The van der Waals surface area contributed by atoms with Crippen LogP contribution < -0.4 is 64.6 Å². The fourth-order valence-electron chi connectivity index (χ4n) is 16.7. The van der Waals surface area contributed by atoms with Crippen molar-refractivity contribution in [3.63, 3.8) is 0 Å². The first-order chi connectivity index (χ1) is 55.7. The van der Waals surface area contributed by atoms with E-state index in [-0.39, 0.29) is 114 Å². The molecule has 2 aromatic heterocycles. The van der Waals surface area contributed by atoms with Gasteiger partial charge in [0.15, 0.2) is 11.9 Å². The minimum atomic E-state index is -1.68. The highest BCUT2D eigenvalue weighted by atomic mass is 32.1. The molecule has 2 aromatic carbocycles. The van der Waals surface area contributed by atoms with Gasteiger partial charge in [0, 0.05) is 86.5 Å². The van der Waals surface area contributed by atoms with E-state index in [4.69, 9.17) is 22.3 Å². The number of guanidine groups is 2. The number of carbonyl (C=O) groups is 14. The molecule has 2 aliphatic carbocycles. The summed E-state index contributed by atoms with van der Waals surface area (Å²) in [6, 6.07) is 6.73. The second-order valence-electron chi connectivity index (χ2n) is 30.2. The summed E-state index contributed by atoms with van der Waals surface area (Å²) in [5.74, 6) is -12.7. The van der Waals surface area contributed by atoms with E-state index in [2.05, 4.69) is 53.2 Å². The van der Waals surface area contributed by atoms with E-state index in [0.717, 1.165) is 36.8 Å². The average Bonchev–Trinajstić information content (AvgIpc) is 1.56. The Morgan fingerprint density at radius 3 is 1.18 bits per heavy atom. The van der Waals surface area contributed by atoms with Crippen LogP contribution in [-0.2, 0) is 106 Å². The Kier molecular flexibility index (Phi) is 31.2. The van der Waals surface area contributed by atoms with Gasteiger partial charge in [-0.1, -0.05) is 86.3 Å². The molecule has 20 N–H and O–H groups in total. The maximum absolute atomic E-state index is 15.4. The summed E-state index contributed by atoms with van der Waals surface area (Å²) in [6.45, 7) is -3.22. The molecule has 0 bridgehead atoms. The Hall–Kier alpha value is -11.1. The van der Waals surface area contributed by atoms with Crippen LogP contribution in [0.2, 0.25) is 0 Å². The number of amides is 12. The number of hydrogen-bond acceptors (Lipinski definition) is 20. The van der Waals surface area contributed by atoms with Crippen LogP contribution in [0.15, 0.2) is 83.6 Å². The lowest BCUT2D eigenvalue weighted by Gasteiger charge is -2.42. The Morgan fingerprint density at radius 2 is 0.828 bits per heavy atom. The Labute approximate surface area is 677 Å². The molecule has 38 heteroatoms. The zero-order chi connectivity index (χ0) is 83.3. The van der Waals surface area contributed by atoms with Crippen LogP contribution in [0.1, 0.15) is 135 Å². The highest BCUT2D eigenvalue weighted by molar-refractivity contribution is 7.10. The van der Waals surface area contributed by atoms with Crippen LogP contribution in [0.3, 0.4) is 0 Å². The number of aliphatic carboxylic acids is 2. The molecule has 10 rings (SSSR count). The predicted molar refractivity (Wildman–Crippen MR) is 422 cm³/mol. The van der Waals surface area contributed by atoms with Crippen LogP contribution in [0, 0.1) is 22.7 Å². The second-order valence-corrected chi connectivity index (χ2v) is 32.3. The third kappa shape index (κ3) is 22.9. The number of nitrogens with two attached hydrogens (primary N) is 2. The normalized spacial score (nSPS) is 21.4. The zero-order valence-corrected chi connectivity index (χ0v) is 65.9. The first-order valence-corrected chi connectivity index (χ1v) is 41.1. The number of thiophene rings is 2. The summed E-state index contributed by atoms with van der Waals surface area (Å²) >= 11 is 2.52. The van der Waals surface area contributed by atoms with Crippen LogP contribution in [0.25, 0.3) is 0 Å². The number of aliphatic hydroxyl groups is 2. The van der Waals surface area contributed by atoms with E-state index in [0.29, 0.717) is 46.6 Å². The second kappa shape index (κ2) is 41.4. The molecule has 626 valence electrons. The maximum atomic E-state index is 15.4. The number of fused-ring (bicyclic) bond motifs is 4. The molecule has 6 heterocycles. The minimum absolute atomic E-state index is 0.00368. The molecular formula is C78H104N18O18S2. The molecule has 4 aromatic rings. The molecule has 2 saturated carbocycles. The van der Waals surface area contributed by atoms with Crippen molar-refractivity contribution in [2.24, 2.45) is 23.3 Å². The van der Waals surface area contributed by atoms with E-state index in [1.165, 1.54) is 42.3 Å². The van der Waals surface area contributed by atoms with Crippen molar-refractivity contribution in [2.45, 2.75) is 214 Å². The lowest BCUT2D eigenvalue weighted by atomic mass is 9.84. The molecule has 0 spiro atoms. The summed E-state index contributed by atoms with van der Waals surface area (Å²) in [4.78, 5) is 204. The fraction of sp³-hybridized carbons (Fsp3) is 0.538. The molecule has 0 radical (unpaired) electrons. The van der Waals surface area contributed by atoms with Crippen molar-refractivity contribution >= 4 is 117 Å². The van der Waals surface area contributed by atoms with Gasteiger partial charge in [0.2, 0.25) is 70.9 Å². The first kappa shape index (κ1) is 87.3. The lowest BCUT2D eigenvalue weighted by Crippen LogP contribution is -2.63. The van der Waals surface area contributed by atoms with Gasteiger partial charge in [0.05, 0.1) is 26.3 Å². The van der Waals surface area contributed by atoms with Gasteiger partial charge in [-0.25, -0.2) is 9.59 Å². The number of aliphatic hydroxyl groups excluding tert-OH is 2. The van der Waals surface area contributed by atoms with E-state index < -0.39 is 194 Å². The van der Waals surface area contributed by atoms with E-state index in [9.17, 15) is 78.0 Å². The number of nitrogens with zero attached hydrogens (tertiary/aromatic N) is 4. The molecule has 4 fully saturated rings. The van der Waals surface area contributed by atoms with Gasteiger partial charge in [-0.15, -0.1) is 22.7 Å². The van der Waals surface area contributed by atoms with E-state index in [1.54, 1.807) is 71.4 Å². The number of carboxylic acids is 2. The van der Waals surface area contributed by atoms with Crippen LogP contribution >= 0.6 is 22.7 Å². The van der Waals surface area contributed by atoms with E-state index >= 15 is 9.59 Å². The summed E-state index contributed by atoms with van der Waals surface area (Å²) in [6.07, 6.45) is 5.47. The van der Waals surface area contributed by atoms with E-state index in [1.807, 2.05) is 12.1 Å². The van der Waals surface area contributed by atoms with Gasteiger partial charge in [-0.3, -0.25) is 68.4 Å². The molecule has 6 aliphatic rings. The number of carbonyl (C=O) groups excluding carboxylic acids is 12. The maximum Gasteiger partial charge on any atom is 0.326 e. The van der Waals surface area contributed by atoms with Gasteiger partial charge >= 0.3 is 11.9 Å². The summed E-state index contributed by atoms with van der Waals surface area (Å²) in [7, 11) is 0. The standard InChI is InChI=1S/C78H104N18O18S2/c79-77(80)83-27-9-21-51(75(111)112)89-69(105)59-33-45-15-5-7-23-57(45)95(59)73(109)61-31-43-13-1-3-17-47(43)39-93(61)71(107)55(41-97)91-67(103)53(35-49-19-11-29-115-49)87-65(101)37-85-63(99)25-26-64(100)86-38-66(102)88-54(36-50-20-12-30-116-50)68(104)92-56(42-98)72(108)94-40-48-18-4-2-14-44(48)32-62(94)74(110)96-58-24-8-6-16-46(58)34-60(96)70(106)90-52(76(113)114)22-10-28-84-78(81)82/h1-4,11-14,17-20,29-30,45-46,51-62,97-98H,5-10,15-16,21-28,31-42H2,(H,85,99)(H,86,100)(H,87,101)(H,88,102)(H,89,105)(H,90,106)(H,91,103)(H,92,104)(H,111,112)(H,113,114)(H4,79,80,83)(H4,81,82,84)/t45?,46?,51-,52-,53-,54-,55-,56-,57?,58?,59-,60-,61+,62+/m0/s1. The molecular weight excluding hydrogens is 1540 g/mol. The van der Waals surface area contributed by atoms with Crippen molar-refractivity contribution in [3.8, 4) is 0 Å². The van der Waals surface area contributed by atoms with Crippen molar-refractivity contribution in [1.29, 1.82) is 10.8 Å². The smallest absolute Gasteiger partial charge is 0.326 e. The Bertz CT molecular complexity index is 3980. The largest absolute Gasteiger partial charge is 0.480 e. The Morgan fingerprint density at radius 1 is 0.448 bits per heavy atom. The monoisotopic (exact) mass is 1640 g/mol. The number of likely N-dealkylation sites (tertiary alicyclic amines) is 2. The Balaban J connectivity index is 0.732. The quantitative estimate of drug-likeness (QED) is 0.0138. The summed E-state index contributed by atoms with van der Waals surface area (Å²) in [5.41, 5.74) is 13.6. The van der Waals surface area contributed by atoms with Crippen LogP contribution in [0.4, 0.5) is 0 Å². The highest BCUT2D eigenvalue weighted by Gasteiger charge is 2.54. The van der Waals surface area contributed by atoms with Gasteiger partial charge < -0.3 is 105 Å². The minimum Gasteiger partial charge on any atom is -0.480 e. The number of rotatable bonds is 37. The average molecular weight is 1650 g/mol. The lowest BCUT2D eigenvalue weighted by molar-refractivity contribution is -0.153. The number of hydrogen-bond donors (Lipinski definition) is 18. The molecule has 36 nitrogen and oxygen atoms in total. The van der Waals surface area contributed by atoms with Crippen molar-refractivity contribution < 1.29 is 87.5 Å². The molecule has 2 saturated heterocycles. The number of nitrogens with one attached hydrogen (secondary N) is 12. The SMILES string of the molecule is N=C(N)NCCC[C@H](NC(=O)[C@@H]1CC2CCCCC2N1C(=O)[C@H]1Cc2ccccc2CN1C(=O)[C@H](CO)NC(=O)[C@H](Cc1cccs1)NC(=O)CNC(=O)CCC(=O)NCC(=O)N[C@@H](Cc1cccs1)C(=O)N[C@@H](CO)C(=O)N1Cc2ccccc2C[C@@H]1C(=O)N1C2CCCCC2C[C@H]1C(=O)N[C@@H](CCCNC(=N)N)C(=O)O)C(=O)O. The van der Waals surface area contributed by atoms with Crippen molar-refractivity contribution in [3.05, 3.63) is 116 Å². The molecule has 116 heavy (non-hydrogen) atoms. The summed E-state index contributed by atoms with van der Waals surface area (Å²) in [5, 5.41) is 86.0. The molecule has 14 atom stereocenters. The van der Waals surface area contributed by atoms with Gasteiger partial charge in [0.25, 0.3) is 0 Å². The van der Waals surface area contributed by atoms with Crippen molar-refractivity contribution in [2.75, 3.05) is 39.4 Å². The van der Waals surface area contributed by atoms with Crippen molar-refractivity contribution in [1.82, 2.24) is 72.8 Å². The zero-order valence-electron chi connectivity index (χ0n) is 64.2. The van der Waals surface area contributed by atoms with Gasteiger partial charge in [0.1, 0.15) is 60.4 Å². The molecule has 12 amide bonds. The molecule has 4 aliphatic heterocycles. The van der Waals surface area contributed by atoms with Gasteiger partial charge in [-0.2, -0.15) is 0 Å². The topological polar surface area (TPSA) is 553 Å². The third-order valence-electron chi connectivity index (χ3n) is 22.5. The first-order valence-electron chi connectivity index (χ1n) is 39.3. The summed E-state index contributed by atoms with van der Waals surface area (Å²) < 4.78 is 0. The van der Waals surface area contributed by atoms with Crippen LogP contribution in [0.5, 0.6) is 0 Å². The van der Waals surface area contributed by atoms with Gasteiger partial charge in [-0.05, 0) is 121 Å². The fourth-order valence-corrected chi connectivity index (χ4v) is 18.2. The number of carboxylic acid groups (broad SMARTS) is 2. The predicted octanol–water partition coefficient (Wildman–Crippen LogP) is -1.58. The van der Waals surface area contributed by atoms with Crippen LogP contribution in [-0.4, -0.2) is 247 Å². The third-order valence-corrected chi connectivity index (χ3v) is 24.3.